The van der Waals surface area contributed by atoms with Gasteiger partial charge in [0, 0.05) is 25.2 Å². The van der Waals surface area contributed by atoms with Crippen LogP contribution in [0.15, 0.2) is 24.3 Å². The Kier molecular flexibility index (Phi) is 4.76. The normalized spacial score (nSPS) is 16.5. The molecule has 0 aromatic heterocycles. The predicted molar refractivity (Wildman–Crippen MR) is 70.1 cm³/mol. The van der Waals surface area contributed by atoms with Crippen LogP contribution in [0.3, 0.4) is 0 Å². The molecule has 1 saturated heterocycles. The van der Waals surface area contributed by atoms with Crippen molar-refractivity contribution in [2.45, 2.75) is 26.2 Å². The molecule has 0 spiro atoms. The van der Waals surface area contributed by atoms with Crippen molar-refractivity contribution in [3.8, 4) is 5.75 Å². The van der Waals surface area contributed by atoms with Crippen LogP contribution in [0.25, 0.3) is 0 Å². The maximum absolute atomic E-state index is 11.6. The van der Waals surface area contributed by atoms with Gasteiger partial charge in [0.2, 0.25) is 0 Å². The van der Waals surface area contributed by atoms with Crippen LogP contribution in [0.2, 0.25) is 0 Å². The van der Waals surface area contributed by atoms with E-state index in [2.05, 4.69) is 0 Å². The van der Waals surface area contributed by atoms with E-state index in [1.807, 2.05) is 31.2 Å². The average Bonchev–Trinajstić information content (AvgIpc) is 2.45. The summed E-state index contributed by atoms with van der Waals surface area (Å²) in [5.74, 6) is 1.52. The molecule has 0 N–H and O–H groups in total. The van der Waals surface area contributed by atoms with E-state index in [-0.39, 0.29) is 5.78 Å². The zero-order valence-electron chi connectivity index (χ0n) is 10.9. The first-order valence-corrected chi connectivity index (χ1v) is 6.63. The third kappa shape index (κ3) is 3.57. The number of hydrogen-bond donors (Lipinski definition) is 0. The van der Waals surface area contributed by atoms with Crippen LogP contribution in [0.1, 0.15) is 36.5 Å². The lowest BCUT2D eigenvalue weighted by molar-refractivity contribution is 0.0497. The maximum atomic E-state index is 11.6. The summed E-state index contributed by atoms with van der Waals surface area (Å²) in [5, 5.41) is 0. The number of benzene rings is 1. The highest BCUT2D eigenvalue weighted by atomic mass is 16.5. The van der Waals surface area contributed by atoms with E-state index in [9.17, 15) is 4.79 Å². The van der Waals surface area contributed by atoms with Crippen molar-refractivity contribution in [1.82, 2.24) is 0 Å². The fourth-order valence-electron chi connectivity index (χ4n) is 2.09. The second kappa shape index (κ2) is 6.55. The van der Waals surface area contributed by atoms with Gasteiger partial charge in [-0.1, -0.05) is 19.1 Å². The second-order valence-corrected chi connectivity index (χ2v) is 4.67. The third-order valence-electron chi connectivity index (χ3n) is 3.30. The Morgan fingerprint density at radius 1 is 1.39 bits per heavy atom. The molecule has 3 heteroatoms. The molecule has 0 unspecified atom stereocenters. The summed E-state index contributed by atoms with van der Waals surface area (Å²) in [6, 6.07) is 7.46. The van der Waals surface area contributed by atoms with Crippen LogP contribution in [0, 0.1) is 5.92 Å². The molecule has 0 radical (unpaired) electrons. The van der Waals surface area contributed by atoms with Crippen LogP contribution in [0.4, 0.5) is 0 Å². The molecule has 2 rings (SSSR count). The molecule has 1 aromatic rings. The highest BCUT2D eigenvalue weighted by molar-refractivity contribution is 5.96. The lowest BCUT2D eigenvalue weighted by atomic mass is 10.0. The van der Waals surface area contributed by atoms with Crippen molar-refractivity contribution >= 4 is 5.78 Å². The van der Waals surface area contributed by atoms with E-state index in [0.29, 0.717) is 18.9 Å². The smallest absolute Gasteiger partial charge is 0.162 e. The zero-order chi connectivity index (χ0) is 12.8. The summed E-state index contributed by atoms with van der Waals surface area (Å²) in [4.78, 5) is 11.6. The van der Waals surface area contributed by atoms with E-state index in [1.165, 1.54) is 0 Å². The summed E-state index contributed by atoms with van der Waals surface area (Å²) >= 11 is 0. The molecule has 1 aliphatic rings. The zero-order valence-corrected chi connectivity index (χ0v) is 10.9. The topological polar surface area (TPSA) is 35.5 Å². The minimum atomic E-state index is 0.159. The Hall–Kier alpha value is -1.35. The first-order chi connectivity index (χ1) is 8.79. The predicted octanol–water partition coefficient (Wildman–Crippen LogP) is 3.08. The van der Waals surface area contributed by atoms with Gasteiger partial charge >= 0.3 is 0 Å². The quantitative estimate of drug-likeness (QED) is 0.751. The number of carbonyl (C=O) groups excluding carboxylic acids is 1. The summed E-state index contributed by atoms with van der Waals surface area (Å²) in [6.07, 6.45) is 2.66. The van der Waals surface area contributed by atoms with Crippen molar-refractivity contribution in [3.05, 3.63) is 29.8 Å². The Bertz CT molecular complexity index is 394. The molecule has 0 aliphatic carbocycles. The molecule has 0 saturated carbocycles. The number of ether oxygens (including phenoxy) is 2. The molecule has 0 amide bonds. The summed E-state index contributed by atoms with van der Waals surface area (Å²) in [5.41, 5.74) is 0.738. The Morgan fingerprint density at radius 2 is 2.17 bits per heavy atom. The number of ketones is 1. The Morgan fingerprint density at radius 3 is 2.89 bits per heavy atom. The molecule has 1 aromatic carbocycles. The van der Waals surface area contributed by atoms with Gasteiger partial charge in [-0.3, -0.25) is 4.79 Å². The number of rotatable bonds is 5. The van der Waals surface area contributed by atoms with Gasteiger partial charge in [0.05, 0.1) is 6.61 Å². The SMILES string of the molecule is CCC(=O)c1cccc(OCC2CCOCC2)c1. The van der Waals surface area contributed by atoms with Gasteiger partial charge in [0.1, 0.15) is 5.75 Å². The lowest BCUT2D eigenvalue weighted by Crippen LogP contribution is -2.21. The molecule has 3 nitrogen and oxygen atoms in total. The van der Waals surface area contributed by atoms with Crippen molar-refractivity contribution in [2.24, 2.45) is 5.92 Å². The van der Waals surface area contributed by atoms with Gasteiger partial charge in [-0.15, -0.1) is 0 Å². The molecule has 98 valence electrons. The van der Waals surface area contributed by atoms with E-state index in [1.54, 1.807) is 0 Å². The van der Waals surface area contributed by atoms with Crippen LogP contribution >= 0.6 is 0 Å². The van der Waals surface area contributed by atoms with Crippen LogP contribution in [0.5, 0.6) is 5.75 Å². The minimum Gasteiger partial charge on any atom is -0.493 e. The summed E-state index contributed by atoms with van der Waals surface area (Å²) < 4.78 is 11.1. The summed E-state index contributed by atoms with van der Waals surface area (Å²) in [6.45, 7) is 4.26. The van der Waals surface area contributed by atoms with Crippen LogP contribution < -0.4 is 4.74 Å². The largest absolute Gasteiger partial charge is 0.493 e. The van der Waals surface area contributed by atoms with E-state index in [0.717, 1.165) is 37.4 Å². The van der Waals surface area contributed by atoms with Crippen molar-refractivity contribution in [2.75, 3.05) is 19.8 Å². The van der Waals surface area contributed by atoms with Crippen LogP contribution in [-0.4, -0.2) is 25.6 Å². The first kappa shape index (κ1) is 13.1. The monoisotopic (exact) mass is 248 g/mol. The first-order valence-electron chi connectivity index (χ1n) is 6.63. The van der Waals surface area contributed by atoms with E-state index >= 15 is 0 Å². The van der Waals surface area contributed by atoms with Gasteiger partial charge in [0.15, 0.2) is 5.78 Å². The number of carbonyl (C=O) groups is 1. The number of Topliss-reactive ketones (excluding diaryl/α,β-unsaturated/α-hetero) is 1. The fraction of sp³-hybridized carbons (Fsp3) is 0.533. The Balaban J connectivity index is 1.90. The third-order valence-corrected chi connectivity index (χ3v) is 3.30. The van der Waals surface area contributed by atoms with Gasteiger partial charge in [-0.25, -0.2) is 0 Å². The summed E-state index contributed by atoms with van der Waals surface area (Å²) in [7, 11) is 0. The van der Waals surface area contributed by atoms with Crippen molar-refractivity contribution in [3.63, 3.8) is 0 Å². The van der Waals surface area contributed by atoms with Gasteiger partial charge in [0.25, 0.3) is 0 Å². The molecular formula is C15H20O3. The lowest BCUT2D eigenvalue weighted by Gasteiger charge is -2.22. The van der Waals surface area contributed by atoms with E-state index < -0.39 is 0 Å². The molecule has 1 heterocycles. The average molecular weight is 248 g/mol. The number of hydrogen-bond acceptors (Lipinski definition) is 3. The molecule has 1 aliphatic heterocycles. The van der Waals surface area contributed by atoms with E-state index in [4.69, 9.17) is 9.47 Å². The second-order valence-electron chi connectivity index (χ2n) is 4.67. The van der Waals surface area contributed by atoms with Gasteiger partial charge < -0.3 is 9.47 Å². The van der Waals surface area contributed by atoms with Crippen molar-refractivity contribution < 1.29 is 14.3 Å². The van der Waals surface area contributed by atoms with Crippen molar-refractivity contribution in [1.29, 1.82) is 0 Å². The molecular weight excluding hydrogens is 228 g/mol. The highest BCUT2D eigenvalue weighted by Crippen LogP contribution is 2.19. The van der Waals surface area contributed by atoms with Crippen LogP contribution in [-0.2, 0) is 4.74 Å². The molecule has 0 bridgehead atoms. The van der Waals surface area contributed by atoms with Gasteiger partial charge in [-0.2, -0.15) is 0 Å². The standard InChI is InChI=1S/C15H20O3/c1-2-15(16)13-4-3-5-14(10-13)18-11-12-6-8-17-9-7-12/h3-5,10,12H,2,6-9,11H2,1H3. The maximum Gasteiger partial charge on any atom is 0.162 e. The molecule has 1 fully saturated rings. The van der Waals surface area contributed by atoms with Gasteiger partial charge in [-0.05, 0) is 30.9 Å². The minimum absolute atomic E-state index is 0.159. The molecule has 0 atom stereocenters. The molecule has 18 heavy (non-hydrogen) atoms. The fourth-order valence-corrected chi connectivity index (χ4v) is 2.09. The highest BCUT2D eigenvalue weighted by Gasteiger charge is 2.14. The Labute approximate surface area is 108 Å².